The molecule has 0 N–H and O–H groups in total. The Morgan fingerprint density at radius 2 is 1.69 bits per heavy atom. The average Bonchev–Trinajstić information content (AvgIpc) is 2.85. The SMILES string of the molecule is CCOC(=O)N(Cc1ccccc1)[C@@H]1C[C@H](C)N(C(=O)OCC(F)(F)F)c2cc(OC)c(OC)cc21. The number of rotatable bonds is 7. The molecular weight excluding hydrogens is 481 g/mol. The van der Waals surface area contributed by atoms with Crippen LogP contribution < -0.4 is 14.4 Å². The Hall–Kier alpha value is -3.63. The molecule has 3 rings (SSSR count). The first-order valence-corrected chi connectivity index (χ1v) is 11.4. The number of methoxy groups -OCH3 is 2. The summed E-state index contributed by atoms with van der Waals surface area (Å²) in [5, 5.41) is 0. The van der Waals surface area contributed by atoms with Crippen LogP contribution in [-0.4, -0.2) is 56.7 Å². The van der Waals surface area contributed by atoms with Crippen molar-refractivity contribution in [1.82, 2.24) is 4.90 Å². The van der Waals surface area contributed by atoms with Crippen LogP contribution in [0, 0.1) is 0 Å². The van der Waals surface area contributed by atoms with Gasteiger partial charge >= 0.3 is 18.4 Å². The Bertz CT molecular complexity index is 1060. The van der Waals surface area contributed by atoms with Gasteiger partial charge in [0.2, 0.25) is 0 Å². The first-order valence-electron chi connectivity index (χ1n) is 11.4. The quantitative estimate of drug-likeness (QED) is 0.476. The number of halogens is 3. The Morgan fingerprint density at radius 3 is 2.28 bits per heavy atom. The van der Waals surface area contributed by atoms with E-state index in [2.05, 4.69) is 4.74 Å². The highest BCUT2D eigenvalue weighted by atomic mass is 19.4. The number of ether oxygens (including phenoxy) is 4. The predicted octanol–water partition coefficient (Wildman–Crippen LogP) is 5.70. The predicted molar refractivity (Wildman–Crippen MR) is 125 cm³/mol. The van der Waals surface area contributed by atoms with E-state index in [1.165, 1.54) is 20.3 Å². The topological polar surface area (TPSA) is 77.5 Å². The summed E-state index contributed by atoms with van der Waals surface area (Å²) < 4.78 is 58.9. The zero-order valence-electron chi connectivity index (χ0n) is 20.5. The molecular formula is C25H29F3N2O6. The highest BCUT2D eigenvalue weighted by Gasteiger charge is 2.41. The van der Waals surface area contributed by atoms with Gasteiger partial charge in [-0.2, -0.15) is 13.2 Å². The van der Waals surface area contributed by atoms with Crippen molar-refractivity contribution in [3.8, 4) is 11.5 Å². The molecule has 1 aliphatic heterocycles. The van der Waals surface area contributed by atoms with E-state index in [9.17, 15) is 22.8 Å². The normalized spacial score (nSPS) is 17.1. The van der Waals surface area contributed by atoms with E-state index < -0.39 is 37.1 Å². The van der Waals surface area contributed by atoms with Gasteiger partial charge < -0.3 is 18.9 Å². The highest BCUT2D eigenvalue weighted by Crippen LogP contribution is 2.46. The number of amides is 2. The van der Waals surface area contributed by atoms with Crippen LogP contribution in [0.2, 0.25) is 0 Å². The molecule has 1 aliphatic rings. The fourth-order valence-corrected chi connectivity index (χ4v) is 4.23. The van der Waals surface area contributed by atoms with Crippen LogP contribution in [0.3, 0.4) is 0 Å². The molecule has 11 heteroatoms. The lowest BCUT2D eigenvalue weighted by atomic mass is 9.90. The van der Waals surface area contributed by atoms with Gasteiger partial charge in [-0.25, -0.2) is 9.59 Å². The molecule has 0 saturated carbocycles. The molecule has 2 aromatic rings. The molecule has 36 heavy (non-hydrogen) atoms. The number of hydrogen-bond donors (Lipinski definition) is 0. The van der Waals surface area contributed by atoms with Crippen LogP contribution in [0.25, 0.3) is 0 Å². The molecule has 1 heterocycles. The molecule has 0 spiro atoms. The van der Waals surface area contributed by atoms with Gasteiger partial charge in [-0.1, -0.05) is 30.3 Å². The number of benzene rings is 2. The van der Waals surface area contributed by atoms with Gasteiger partial charge in [-0.15, -0.1) is 0 Å². The van der Waals surface area contributed by atoms with Gasteiger partial charge in [0.15, 0.2) is 18.1 Å². The fourth-order valence-electron chi connectivity index (χ4n) is 4.23. The number of carbonyl (C=O) groups excluding carboxylic acids is 2. The fraction of sp³-hybridized carbons (Fsp3) is 0.440. The molecule has 0 bridgehead atoms. The van der Waals surface area contributed by atoms with E-state index >= 15 is 0 Å². The molecule has 0 aliphatic carbocycles. The lowest BCUT2D eigenvalue weighted by molar-refractivity contribution is -0.159. The molecule has 0 fully saturated rings. The van der Waals surface area contributed by atoms with Crippen LogP contribution in [0.5, 0.6) is 11.5 Å². The third-order valence-corrected chi connectivity index (χ3v) is 5.79. The Balaban J connectivity index is 2.10. The van der Waals surface area contributed by atoms with E-state index in [0.717, 1.165) is 10.5 Å². The minimum Gasteiger partial charge on any atom is -0.493 e. The molecule has 0 saturated heterocycles. The minimum atomic E-state index is -4.67. The van der Waals surface area contributed by atoms with Crippen molar-refractivity contribution in [2.45, 2.75) is 45.1 Å². The Labute approximate surface area is 207 Å². The van der Waals surface area contributed by atoms with E-state index in [0.29, 0.717) is 11.3 Å². The van der Waals surface area contributed by atoms with E-state index in [1.54, 1.807) is 24.8 Å². The summed E-state index contributed by atoms with van der Waals surface area (Å²) in [5.74, 6) is 0.603. The third kappa shape index (κ3) is 6.13. The van der Waals surface area contributed by atoms with Gasteiger partial charge in [0, 0.05) is 24.2 Å². The van der Waals surface area contributed by atoms with Crippen molar-refractivity contribution in [3.63, 3.8) is 0 Å². The summed E-state index contributed by atoms with van der Waals surface area (Å²) in [4.78, 5) is 28.6. The van der Waals surface area contributed by atoms with E-state index in [1.807, 2.05) is 30.3 Å². The number of anilines is 1. The summed E-state index contributed by atoms with van der Waals surface area (Å²) >= 11 is 0. The number of hydrogen-bond acceptors (Lipinski definition) is 6. The van der Waals surface area contributed by atoms with Gasteiger partial charge in [0.1, 0.15) is 0 Å². The largest absolute Gasteiger partial charge is 0.493 e. The van der Waals surface area contributed by atoms with Crippen LogP contribution in [-0.2, 0) is 16.0 Å². The lowest BCUT2D eigenvalue weighted by Crippen LogP contribution is -2.48. The number of nitrogens with zero attached hydrogens (tertiary/aromatic N) is 2. The molecule has 2 amide bonds. The standard InChI is InChI=1S/C25H29F3N2O6/c1-5-35-23(31)29(14-17-9-7-6-8-10-17)19-11-16(2)30(24(32)36-15-25(26,27)28)20-13-22(34-4)21(33-3)12-18(19)20/h6-10,12-13,16,19H,5,11,14-15H2,1-4H3/t16-,19+/m0/s1. The van der Waals surface area contributed by atoms with Crippen molar-refractivity contribution >= 4 is 17.9 Å². The van der Waals surface area contributed by atoms with Crippen molar-refractivity contribution in [1.29, 1.82) is 0 Å². The lowest BCUT2D eigenvalue weighted by Gasteiger charge is -2.42. The maximum Gasteiger partial charge on any atom is 0.422 e. The van der Waals surface area contributed by atoms with E-state index in [4.69, 9.17) is 14.2 Å². The highest BCUT2D eigenvalue weighted by molar-refractivity contribution is 5.91. The monoisotopic (exact) mass is 510 g/mol. The zero-order valence-corrected chi connectivity index (χ0v) is 20.5. The molecule has 196 valence electrons. The van der Waals surface area contributed by atoms with Gasteiger partial charge in [-0.3, -0.25) is 9.80 Å². The molecule has 2 aromatic carbocycles. The molecule has 8 nitrogen and oxygen atoms in total. The first kappa shape index (κ1) is 27.0. The molecule has 2 atom stereocenters. The van der Waals surface area contributed by atoms with Crippen molar-refractivity contribution < 1.29 is 41.7 Å². The summed E-state index contributed by atoms with van der Waals surface area (Å²) in [6.45, 7) is 2.02. The van der Waals surface area contributed by atoms with Crippen molar-refractivity contribution in [2.75, 3.05) is 32.3 Å². The smallest absolute Gasteiger partial charge is 0.422 e. The number of alkyl halides is 3. The summed E-state index contributed by atoms with van der Waals surface area (Å²) in [5.41, 5.74) is 1.59. The Morgan fingerprint density at radius 1 is 1.06 bits per heavy atom. The average molecular weight is 511 g/mol. The zero-order chi connectivity index (χ0) is 26.5. The van der Waals surface area contributed by atoms with Crippen molar-refractivity contribution in [3.05, 3.63) is 53.6 Å². The molecule has 0 aromatic heterocycles. The van der Waals surface area contributed by atoms with Gasteiger partial charge in [0.25, 0.3) is 0 Å². The Kier molecular flexibility index (Phi) is 8.54. The van der Waals surface area contributed by atoms with Gasteiger partial charge in [0.05, 0.1) is 32.6 Å². The van der Waals surface area contributed by atoms with Crippen molar-refractivity contribution in [2.24, 2.45) is 0 Å². The van der Waals surface area contributed by atoms with E-state index in [-0.39, 0.29) is 31.0 Å². The number of fused-ring (bicyclic) bond motifs is 1. The summed E-state index contributed by atoms with van der Waals surface area (Å²) in [6.07, 6.45) is -6.17. The van der Waals surface area contributed by atoms with Crippen LogP contribution in [0.1, 0.15) is 37.4 Å². The van der Waals surface area contributed by atoms with Gasteiger partial charge in [-0.05, 0) is 31.9 Å². The second kappa shape index (κ2) is 11.4. The third-order valence-electron chi connectivity index (χ3n) is 5.79. The summed E-state index contributed by atoms with van der Waals surface area (Å²) in [7, 11) is 2.84. The maximum absolute atomic E-state index is 13.1. The molecule has 0 radical (unpaired) electrons. The van der Waals surface area contributed by atoms with Crippen LogP contribution in [0.4, 0.5) is 28.4 Å². The number of carbonyl (C=O) groups is 2. The summed E-state index contributed by atoms with van der Waals surface area (Å²) in [6, 6.07) is 11.2. The second-order valence-corrected chi connectivity index (χ2v) is 8.22. The maximum atomic E-state index is 13.1. The second-order valence-electron chi connectivity index (χ2n) is 8.22. The van der Waals surface area contributed by atoms with Crippen LogP contribution in [0.15, 0.2) is 42.5 Å². The first-order chi connectivity index (χ1) is 17.1. The molecule has 0 unspecified atom stereocenters. The minimum absolute atomic E-state index is 0.154. The van der Waals surface area contributed by atoms with Crippen LogP contribution >= 0.6 is 0 Å².